The van der Waals surface area contributed by atoms with Gasteiger partial charge in [0.2, 0.25) is 0 Å². The van der Waals surface area contributed by atoms with Crippen LogP contribution in [0.15, 0.2) is 37.8 Å². The molecule has 0 aliphatic heterocycles. The van der Waals surface area contributed by atoms with E-state index in [1.54, 1.807) is 12.1 Å². The molecule has 0 bridgehead atoms. The highest BCUT2D eigenvalue weighted by atomic mass is 79.9. The van der Waals surface area contributed by atoms with Gasteiger partial charge in [0.15, 0.2) is 4.67 Å². The molecule has 0 saturated carbocycles. The van der Waals surface area contributed by atoms with E-state index in [-0.39, 0.29) is 11.7 Å². The van der Waals surface area contributed by atoms with Crippen molar-refractivity contribution >= 4 is 37.5 Å². The van der Waals surface area contributed by atoms with Gasteiger partial charge >= 0.3 is 0 Å². The zero-order valence-corrected chi connectivity index (χ0v) is 12.5. The second-order valence-electron chi connectivity index (χ2n) is 3.75. The van der Waals surface area contributed by atoms with Crippen LogP contribution in [0.5, 0.6) is 0 Å². The number of benzene rings is 1. The van der Waals surface area contributed by atoms with Crippen molar-refractivity contribution in [1.29, 1.82) is 0 Å². The lowest BCUT2D eigenvalue weighted by Gasteiger charge is -2.15. The Kier molecular flexibility index (Phi) is 4.07. The van der Waals surface area contributed by atoms with Gasteiger partial charge in [-0.05, 0) is 57.0 Å². The molecule has 0 spiro atoms. The molecular weight excluding hydrogens is 372 g/mol. The highest BCUT2D eigenvalue weighted by molar-refractivity contribution is 9.10. The van der Waals surface area contributed by atoms with Crippen LogP contribution >= 0.6 is 31.9 Å². The van der Waals surface area contributed by atoms with Crippen LogP contribution < -0.4 is 5.32 Å². The van der Waals surface area contributed by atoms with E-state index in [9.17, 15) is 8.78 Å². The molecule has 1 heterocycles. The van der Waals surface area contributed by atoms with Crippen LogP contribution in [-0.2, 0) is 0 Å². The first-order chi connectivity index (χ1) is 8.47. The minimum Gasteiger partial charge on any atom is -0.452 e. The van der Waals surface area contributed by atoms with Crippen molar-refractivity contribution in [2.24, 2.45) is 0 Å². The summed E-state index contributed by atoms with van der Waals surface area (Å²) in [4.78, 5) is 0. The largest absolute Gasteiger partial charge is 0.452 e. The van der Waals surface area contributed by atoms with Gasteiger partial charge in [-0.25, -0.2) is 8.78 Å². The zero-order chi connectivity index (χ0) is 13.3. The third-order valence-electron chi connectivity index (χ3n) is 2.39. The van der Waals surface area contributed by atoms with Crippen molar-refractivity contribution in [2.45, 2.75) is 13.0 Å². The van der Waals surface area contributed by atoms with E-state index in [1.807, 2.05) is 6.92 Å². The maximum Gasteiger partial charge on any atom is 0.169 e. The van der Waals surface area contributed by atoms with Crippen molar-refractivity contribution < 1.29 is 13.2 Å². The summed E-state index contributed by atoms with van der Waals surface area (Å²) in [6, 6.07) is 5.32. The molecule has 1 atom stereocenters. The Balaban J connectivity index is 2.24. The average Bonchev–Trinajstić information content (AvgIpc) is 2.70. The van der Waals surface area contributed by atoms with Crippen molar-refractivity contribution in [3.63, 3.8) is 0 Å². The number of furan rings is 1. The van der Waals surface area contributed by atoms with Crippen LogP contribution in [0, 0.1) is 11.6 Å². The van der Waals surface area contributed by atoms with Gasteiger partial charge in [-0.3, -0.25) is 0 Å². The molecule has 0 fully saturated rings. The maximum atomic E-state index is 13.6. The van der Waals surface area contributed by atoms with Gasteiger partial charge in [-0.15, -0.1) is 0 Å². The van der Waals surface area contributed by atoms with E-state index in [1.165, 1.54) is 6.07 Å². The monoisotopic (exact) mass is 379 g/mol. The van der Waals surface area contributed by atoms with Crippen molar-refractivity contribution in [3.8, 4) is 0 Å². The molecule has 1 aromatic carbocycles. The fraction of sp³-hybridized carbons (Fsp3) is 0.167. The van der Waals surface area contributed by atoms with Crippen LogP contribution in [0.4, 0.5) is 14.5 Å². The van der Waals surface area contributed by atoms with Gasteiger partial charge in [0.25, 0.3) is 0 Å². The standard InChI is InChI=1S/C12H9Br2F2NO/c1-6(10-2-3-11(14)18-10)17-12-8(13)4-7(15)5-9(12)16/h2-6,17H,1H3. The van der Waals surface area contributed by atoms with Crippen molar-refractivity contribution in [3.05, 3.63) is 50.8 Å². The average molecular weight is 381 g/mol. The lowest BCUT2D eigenvalue weighted by Crippen LogP contribution is -2.08. The maximum absolute atomic E-state index is 13.6. The first kappa shape index (κ1) is 13.5. The van der Waals surface area contributed by atoms with E-state index in [2.05, 4.69) is 37.2 Å². The Morgan fingerprint density at radius 1 is 1.22 bits per heavy atom. The Hall–Kier alpha value is -0.880. The number of hydrogen-bond donors (Lipinski definition) is 1. The Bertz CT molecular complexity index is 548. The third-order valence-corrected chi connectivity index (χ3v) is 3.44. The number of halogens is 4. The van der Waals surface area contributed by atoms with E-state index >= 15 is 0 Å². The van der Waals surface area contributed by atoms with E-state index in [0.29, 0.717) is 14.9 Å². The van der Waals surface area contributed by atoms with Gasteiger partial charge in [-0.1, -0.05) is 0 Å². The van der Waals surface area contributed by atoms with Gasteiger partial charge in [0, 0.05) is 10.5 Å². The molecule has 0 aliphatic carbocycles. The first-order valence-electron chi connectivity index (χ1n) is 5.13. The minimum atomic E-state index is -0.653. The second-order valence-corrected chi connectivity index (χ2v) is 5.39. The van der Waals surface area contributed by atoms with Gasteiger partial charge in [0.05, 0.1) is 11.7 Å². The minimum absolute atomic E-state index is 0.205. The molecule has 96 valence electrons. The Labute approximate surface area is 120 Å². The molecule has 18 heavy (non-hydrogen) atoms. The summed E-state index contributed by atoms with van der Waals surface area (Å²) in [5, 5.41) is 2.93. The first-order valence-corrected chi connectivity index (χ1v) is 6.72. The molecule has 1 N–H and O–H groups in total. The van der Waals surface area contributed by atoms with Crippen LogP contribution in [0.25, 0.3) is 0 Å². The molecule has 2 nitrogen and oxygen atoms in total. The van der Waals surface area contributed by atoms with Gasteiger partial charge in [-0.2, -0.15) is 0 Å². The molecule has 2 aromatic rings. The third kappa shape index (κ3) is 2.92. The van der Waals surface area contributed by atoms with Crippen molar-refractivity contribution in [1.82, 2.24) is 0 Å². The lowest BCUT2D eigenvalue weighted by atomic mass is 10.2. The normalized spacial score (nSPS) is 12.5. The fourth-order valence-electron chi connectivity index (χ4n) is 1.53. The Morgan fingerprint density at radius 3 is 2.50 bits per heavy atom. The quantitative estimate of drug-likeness (QED) is 0.785. The summed E-state index contributed by atoms with van der Waals surface area (Å²) in [6.45, 7) is 1.82. The molecule has 0 radical (unpaired) electrons. The van der Waals surface area contributed by atoms with Gasteiger partial charge < -0.3 is 9.73 Å². The Morgan fingerprint density at radius 2 is 1.94 bits per heavy atom. The van der Waals surface area contributed by atoms with Crippen LogP contribution in [0.2, 0.25) is 0 Å². The smallest absolute Gasteiger partial charge is 0.169 e. The van der Waals surface area contributed by atoms with E-state index < -0.39 is 11.6 Å². The highest BCUT2D eigenvalue weighted by Gasteiger charge is 2.15. The number of anilines is 1. The van der Waals surface area contributed by atoms with E-state index in [4.69, 9.17) is 4.42 Å². The van der Waals surface area contributed by atoms with Crippen molar-refractivity contribution in [2.75, 3.05) is 5.32 Å². The molecule has 0 aliphatic rings. The number of hydrogen-bond acceptors (Lipinski definition) is 2. The second kappa shape index (κ2) is 5.40. The lowest BCUT2D eigenvalue weighted by molar-refractivity contribution is 0.470. The molecule has 6 heteroatoms. The summed E-state index contributed by atoms with van der Waals surface area (Å²) < 4.78 is 32.9. The molecule has 0 amide bonds. The van der Waals surface area contributed by atoms with Gasteiger partial charge in [0.1, 0.15) is 17.4 Å². The molecular formula is C12H9Br2F2NO. The summed E-state index contributed by atoms with van der Waals surface area (Å²) in [6.07, 6.45) is 0. The van der Waals surface area contributed by atoms with E-state index in [0.717, 1.165) is 6.07 Å². The summed E-state index contributed by atoms with van der Waals surface area (Å²) in [5.41, 5.74) is 0.205. The van der Waals surface area contributed by atoms with Crippen LogP contribution in [0.1, 0.15) is 18.7 Å². The molecule has 1 aromatic heterocycles. The zero-order valence-electron chi connectivity index (χ0n) is 9.31. The molecule has 0 saturated heterocycles. The number of nitrogens with one attached hydrogen (secondary N) is 1. The fourth-order valence-corrected chi connectivity index (χ4v) is 2.37. The summed E-state index contributed by atoms with van der Waals surface area (Å²) >= 11 is 6.32. The number of rotatable bonds is 3. The predicted octanol–water partition coefficient (Wildman–Crippen LogP) is 5.26. The summed E-state index contributed by atoms with van der Waals surface area (Å²) in [5.74, 6) is -0.629. The predicted molar refractivity (Wildman–Crippen MR) is 72.5 cm³/mol. The topological polar surface area (TPSA) is 25.2 Å². The summed E-state index contributed by atoms with van der Waals surface area (Å²) in [7, 11) is 0. The molecule has 1 unspecified atom stereocenters. The van der Waals surface area contributed by atoms with Crippen LogP contribution in [0.3, 0.4) is 0 Å². The SMILES string of the molecule is CC(Nc1c(F)cc(F)cc1Br)c1ccc(Br)o1. The highest BCUT2D eigenvalue weighted by Crippen LogP contribution is 2.31. The molecule has 2 rings (SSSR count). The van der Waals surface area contributed by atoms with Crippen LogP contribution in [-0.4, -0.2) is 0 Å².